The number of halogens is 1. The number of benzene rings is 1. The zero-order valence-corrected chi connectivity index (χ0v) is 15.0. The van der Waals surface area contributed by atoms with Gasteiger partial charge < -0.3 is 15.6 Å². The maximum atomic E-state index is 12.4. The van der Waals surface area contributed by atoms with E-state index in [1.807, 2.05) is 32.9 Å². The van der Waals surface area contributed by atoms with E-state index in [9.17, 15) is 4.79 Å². The number of nitrogens with zero attached hydrogens (tertiary/aromatic N) is 1. The van der Waals surface area contributed by atoms with Crippen LogP contribution in [0, 0.1) is 26.7 Å². The number of amides is 1. The standard InChI is InChI=1S/C18H25N3O.ClH/c1-12-6-5-7-16(8-12)21-14(3)9-17(15(21)4)18(22)20-11-13(2)10-19;/h5-9,13H,10-11,19H2,1-4H3,(H,20,22);1H. The third-order valence-electron chi connectivity index (χ3n) is 3.95. The lowest BCUT2D eigenvalue weighted by molar-refractivity contribution is 0.0948. The van der Waals surface area contributed by atoms with Crippen molar-refractivity contribution in [1.82, 2.24) is 9.88 Å². The third kappa shape index (κ3) is 4.36. The number of carbonyl (C=O) groups excluding carboxylic acids is 1. The first-order chi connectivity index (χ1) is 10.4. The lowest BCUT2D eigenvalue weighted by Gasteiger charge is -2.12. The van der Waals surface area contributed by atoms with E-state index >= 15 is 0 Å². The second-order valence-corrected chi connectivity index (χ2v) is 6.01. The molecule has 2 aromatic rings. The van der Waals surface area contributed by atoms with Crippen LogP contribution in [0.25, 0.3) is 5.69 Å². The number of aromatic nitrogens is 1. The first kappa shape index (κ1) is 19.3. The van der Waals surface area contributed by atoms with Crippen LogP contribution in [-0.2, 0) is 0 Å². The van der Waals surface area contributed by atoms with E-state index in [-0.39, 0.29) is 24.2 Å². The molecule has 4 nitrogen and oxygen atoms in total. The van der Waals surface area contributed by atoms with Crippen molar-refractivity contribution in [1.29, 1.82) is 0 Å². The Bertz CT molecular complexity index is 679. The van der Waals surface area contributed by atoms with E-state index in [4.69, 9.17) is 5.73 Å². The van der Waals surface area contributed by atoms with E-state index in [1.54, 1.807) is 0 Å². The van der Waals surface area contributed by atoms with Crippen LogP contribution in [0.4, 0.5) is 0 Å². The summed E-state index contributed by atoms with van der Waals surface area (Å²) >= 11 is 0. The average molecular weight is 336 g/mol. The highest BCUT2D eigenvalue weighted by atomic mass is 35.5. The van der Waals surface area contributed by atoms with Crippen molar-refractivity contribution in [3.05, 3.63) is 52.8 Å². The molecule has 0 saturated carbocycles. The summed E-state index contributed by atoms with van der Waals surface area (Å²) in [5.74, 6) is 0.247. The molecule has 0 aliphatic carbocycles. The fraction of sp³-hybridized carbons (Fsp3) is 0.389. The molecule has 1 heterocycles. The summed E-state index contributed by atoms with van der Waals surface area (Å²) in [5, 5.41) is 2.96. The number of hydrogen-bond acceptors (Lipinski definition) is 2. The highest BCUT2D eigenvalue weighted by Gasteiger charge is 2.16. The molecule has 23 heavy (non-hydrogen) atoms. The van der Waals surface area contributed by atoms with E-state index in [0.29, 0.717) is 13.1 Å². The minimum Gasteiger partial charge on any atom is -0.352 e. The third-order valence-corrected chi connectivity index (χ3v) is 3.95. The Balaban J connectivity index is 0.00000264. The zero-order chi connectivity index (χ0) is 16.3. The van der Waals surface area contributed by atoms with Crippen LogP contribution in [0.15, 0.2) is 30.3 Å². The Morgan fingerprint density at radius 1 is 1.26 bits per heavy atom. The van der Waals surface area contributed by atoms with Gasteiger partial charge in [-0.15, -0.1) is 12.4 Å². The van der Waals surface area contributed by atoms with E-state index in [0.717, 1.165) is 22.6 Å². The lowest BCUT2D eigenvalue weighted by atomic mass is 10.1. The largest absolute Gasteiger partial charge is 0.352 e. The van der Waals surface area contributed by atoms with Gasteiger partial charge >= 0.3 is 0 Å². The Hall–Kier alpha value is -1.78. The van der Waals surface area contributed by atoms with Crippen molar-refractivity contribution in [2.45, 2.75) is 27.7 Å². The summed E-state index contributed by atoms with van der Waals surface area (Å²) < 4.78 is 2.12. The van der Waals surface area contributed by atoms with Gasteiger partial charge in [0.05, 0.1) is 5.56 Å². The lowest BCUT2D eigenvalue weighted by Crippen LogP contribution is -2.31. The minimum absolute atomic E-state index is 0. The summed E-state index contributed by atoms with van der Waals surface area (Å²) in [6, 6.07) is 10.2. The Labute approximate surface area is 144 Å². The average Bonchev–Trinajstić information content (AvgIpc) is 2.79. The highest BCUT2D eigenvalue weighted by Crippen LogP contribution is 2.21. The molecule has 0 radical (unpaired) electrons. The van der Waals surface area contributed by atoms with Gasteiger partial charge in [0.1, 0.15) is 0 Å². The first-order valence-electron chi connectivity index (χ1n) is 7.68. The molecule has 0 bridgehead atoms. The number of nitrogens with two attached hydrogens (primary N) is 1. The van der Waals surface area contributed by atoms with Gasteiger partial charge in [0.15, 0.2) is 0 Å². The first-order valence-corrected chi connectivity index (χ1v) is 7.68. The van der Waals surface area contributed by atoms with Gasteiger partial charge in [0, 0.05) is 23.6 Å². The highest BCUT2D eigenvalue weighted by molar-refractivity contribution is 5.95. The van der Waals surface area contributed by atoms with Crippen molar-refractivity contribution < 1.29 is 4.79 Å². The second kappa shape index (κ2) is 8.18. The molecule has 126 valence electrons. The smallest absolute Gasteiger partial charge is 0.253 e. The van der Waals surface area contributed by atoms with E-state index < -0.39 is 0 Å². The topological polar surface area (TPSA) is 60.0 Å². The predicted molar refractivity (Wildman–Crippen MR) is 97.8 cm³/mol. The van der Waals surface area contributed by atoms with Crippen molar-refractivity contribution in [3.63, 3.8) is 0 Å². The molecule has 0 saturated heterocycles. The molecule has 1 unspecified atom stereocenters. The summed E-state index contributed by atoms with van der Waals surface area (Å²) in [6.45, 7) is 9.27. The zero-order valence-electron chi connectivity index (χ0n) is 14.2. The normalized spacial score (nSPS) is 11.7. The van der Waals surface area contributed by atoms with Crippen LogP contribution >= 0.6 is 12.4 Å². The Morgan fingerprint density at radius 2 is 1.96 bits per heavy atom. The van der Waals surface area contributed by atoms with Gasteiger partial charge in [-0.2, -0.15) is 0 Å². The molecule has 1 atom stereocenters. The summed E-state index contributed by atoms with van der Waals surface area (Å²) in [6.07, 6.45) is 0. The molecule has 0 fully saturated rings. The summed E-state index contributed by atoms with van der Waals surface area (Å²) in [7, 11) is 0. The molecule has 2 rings (SSSR count). The fourth-order valence-corrected chi connectivity index (χ4v) is 2.60. The molecule has 1 amide bonds. The number of carbonyl (C=O) groups is 1. The van der Waals surface area contributed by atoms with Gasteiger partial charge in [0.2, 0.25) is 0 Å². The monoisotopic (exact) mass is 335 g/mol. The number of rotatable bonds is 5. The van der Waals surface area contributed by atoms with Gasteiger partial charge in [-0.1, -0.05) is 19.1 Å². The maximum absolute atomic E-state index is 12.4. The number of hydrogen-bond donors (Lipinski definition) is 2. The van der Waals surface area contributed by atoms with Gasteiger partial charge in [-0.3, -0.25) is 4.79 Å². The minimum atomic E-state index is -0.0349. The molecule has 0 aliphatic rings. The Morgan fingerprint density at radius 3 is 2.57 bits per heavy atom. The molecule has 3 N–H and O–H groups in total. The summed E-state index contributed by atoms with van der Waals surface area (Å²) in [5.41, 5.74) is 10.6. The molecule has 5 heteroatoms. The van der Waals surface area contributed by atoms with Crippen LogP contribution in [-0.4, -0.2) is 23.6 Å². The van der Waals surface area contributed by atoms with Crippen LogP contribution in [0.5, 0.6) is 0 Å². The molecule has 0 spiro atoms. The maximum Gasteiger partial charge on any atom is 0.253 e. The summed E-state index contributed by atoms with van der Waals surface area (Å²) in [4.78, 5) is 12.4. The van der Waals surface area contributed by atoms with Crippen LogP contribution < -0.4 is 11.1 Å². The SMILES string of the molecule is Cc1cccc(-n2c(C)cc(C(=O)NCC(C)CN)c2C)c1.Cl. The van der Waals surface area contributed by atoms with Crippen LogP contribution in [0.2, 0.25) is 0 Å². The van der Waals surface area contributed by atoms with Crippen LogP contribution in [0.3, 0.4) is 0 Å². The van der Waals surface area contributed by atoms with Crippen molar-refractivity contribution >= 4 is 18.3 Å². The van der Waals surface area contributed by atoms with E-state index in [1.165, 1.54) is 5.56 Å². The van der Waals surface area contributed by atoms with Crippen molar-refractivity contribution in [2.75, 3.05) is 13.1 Å². The van der Waals surface area contributed by atoms with Gasteiger partial charge in [-0.05, 0) is 57.0 Å². The molecular weight excluding hydrogens is 310 g/mol. The van der Waals surface area contributed by atoms with Crippen LogP contribution in [0.1, 0.15) is 34.2 Å². The predicted octanol–water partition coefficient (Wildman–Crippen LogP) is 3.15. The molecular formula is C18H26ClN3O. The number of nitrogens with one attached hydrogen (secondary N) is 1. The van der Waals surface area contributed by atoms with Gasteiger partial charge in [0.25, 0.3) is 5.91 Å². The van der Waals surface area contributed by atoms with Crippen molar-refractivity contribution in [3.8, 4) is 5.69 Å². The molecule has 1 aromatic heterocycles. The van der Waals surface area contributed by atoms with E-state index in [2.05, 4.69) is 35.0 Å². The quantitative estimate of drug-likeness (QED) is 0.881. The van der Waals surface area contributed by atoms with Gasteiger partial charge in [-0.25, -0.2) is 0 Å². The Kier molecular flexibility index (Phi) is 6.85. The molecule has 1 aromatic carbocycles. The molecule has 0 aliphatic heterocycles. The van der Waals surface area contributed by atoms with Crippen molar-refractivity contribution in [2.24, 2.45) is 11.7 Å². The second-order valence-electron chi connectivity index (χ2n) is 6.01. The number of aryl methyl sites for hydroxylation is 2. The fourth-order valence-electron chi connectivity index (χ4n) is 2.60.